The second kappa shape index (κ2) is 7.60. The summed E-state index contributed by atoms with van der Waals surface area (Å²) in [4.78, 5) is 17.0. The third kappa shape index (κ3) is 3.67. The van der Waals surface area contributed by atoms with Crippen LogP contribution in [0.4, 0.5) is 14.5 Å². The van der Waals surface area contributed by atoms with E-state index in [9.17, 15) is 18.7 Å². The van der Waals surface area contributed by atoms with Crippen LogP contribution in [0, 0.1) is 4.78 Å². The SMILES string of the molecule is Cn1cc2c(c1C(=O)Nc1ccnc(C(F)F)c1)CCC(CO)NS2=N. The molecule has 1 aliphatic heterocycles. The monoisotopic (exact) mass is 383 g/mol. The van der Waals surface area contributed by atoms with Gasteiger partial charge in [0, 0.05) is 31.2 Å². The quantitative estimate of drug-likeness (QED) is 0.650. The maximum Gasteiger partial charge on any atom is 0.280 e. The standard InChI is InChI=1S/C16H19F2N5O2S/c1-23-7-13-11(3-2-10(8-24)22-26(13)19)14(23)16(25)21-9-4-5-20-12(6-9)15(17)18/h4-7,10,15,24H,2-3,8H2,1H3,(H2,19,22)(H,20,21,25). The van der Waals surface area contributed by atoms with Crippen molar-refractivity contribution in [2.45, 2.75) is 30.2 Å². The number of carbonyl (C=O) groups is 1. The van der Waals surface area contributed by atoms with Crippen molar-refractivity contribution in [3.8, 4) is 0 Å². The Morgan fingerprint density at radius 2 is 2.38 bits per heavy atom. The molecule has 7 nitrogen and oxygen atoms in total. The summed E-state index contributed by atoms with van der Waals surface area (Å²) in [6.07, 6.45) is 1.37. The first-order valence-electron chi connectivity index (χ1n) is 7.97. The van der Waals surface area contributed by atoms with Gasteiger partial charge >= 0.3 is 0 Å². The van der Waals surface area contributed by atoms with Crippen LogP contribution in [0.15, 0.2) is 29.4 Å². The third-order valence-corrected chi connectivity index (χ3v) is 5.55. The summed E-state index contributed by atoms with van der Waals surface area (Å²) in [6, 6.07) is 2.39. The molecule has 1 aliphatic rings. The van der Waals surface area contributed by atoms with Gasteiger partial charge in [-0.1, -0.05) is 0 Å². The highest BCUT2D eigenvalue weighted by atomic mass is 32.2. The van der Waals surface area contributed by atoms with Gasteiger partial charge < -0.3 is 15.0 Å². The van der Waals surface area contributed by atoms with Crippen LogP contribution < -0.4 is 10.0 Å². The third-order valence-electron chi connectivity index (χ3n) is 4.19. The molecule has 0 radical (unpaired) electrons. The first kappa shape index (κ1) is 18.6. The second-order valence-electron chi connectivity index (χ2n) is 6.00. The van der Waals surface area contributed by atoms with E-state index in [-0.39, 0.29) is 18.3 Å². The number of aromatic nitrogens is 2. The molecule has 26 heavy (non-hydrogen) atoms. The Kier molecular flexibility index (Phi) is 5.44. The number of hydrogen-bond donors (Lipinski definition) is 4. The Bertz CT molecular complexity index is 855. The first-order valence-corrected chi connectivity index (χ1v) is 9.19. The van der Waals surface area contributed by atoms with Gasteiger partial charge in [0.15, 0.2) is 0 Å². The predicted octanol–water partition coefficient (Wildman–Crippen LogP) is 2.16. The largest absolute Gasteiger partial charge is 0.395 e. The summed E-state index contributed by atoms with van der Waals surface area (Å²) in [6.45, 7) is -0.0757. The van der Waals surface area contributed by atoms with E-state index in [1.54, 1.807) is 17.8 Å². The Morgan fingerprint density at radius 3 is 3.08 bits per heavy atom. The molecule has 0 fully saturated rings. The summed E-state index contributed by atoms with van der Waals surface area (Å²) in [5.74, 6) is -0.431. The molecule has 0 saturated heterocycles. The highest BCUT2D eigenvalue weighted by molar-refractivity contribution is 7.84. The molecule has 0 spiro atoms. The van der Waals surface area contributed by atoms with E-state index in [0.29, 0.717) is 23.4 Å². The van der Waals surface area contributed by atoms with Crippen LogP contribution >= 0.6 is 0 Å². The van der Waals surface area contributed by atoms with Crippen LogP contribution in [0.3, 0.4) is 0 Å². The molecule has 0 aromatic carbocycles. The number of anilines is 1. The number of rotatable bonds is 4. The zero-order chi connectivity index (χ0) is 18.8. The molecule has 1 amide bonds. The summed E-state index contributed by atoms with van der Waals surface area (Å²) in [5, 5.41) is 12.0. The molecule has 2 atom stereocenters. The van der Waals surface area contributed by atoms with Gasteiger partial charge in [0.25, 0.3) is 12.3 Å². The molecular formula is C16H19F2N5O2S. The summed E-state index contributed by atoms with van der Waals surface area (Å²) in [5.41, 5.74) is 0.965. The Morgan fingerprint density at radius 1 is 1.62 bits per heavy atom. The molecule has 0 aliphatic carbocycles. The number of aliphatic hydroxyl groups excluding tert-OH is 1. The van der Waals surface area contributed by atoms with Gasteiger partial charge in [0.05, 0.1) is 11.5 Å². The highest BCUT2D eigenvalue weighted by Crippen LogP contribution is 2.27. The average Bonchev–Trinajstić information content (AvgIpc) is 2.86. The molecule has 2 unspecified atom stereocenters. The lowest BCUT2D eigenvalue weighted by Gasteiger charge is -2.13. The van der Waals surface area contributed by atoms with Gasteiger partial charge in [0.1, 0.15) is 11.4 Å². The fourth-order valence-corrected chi connectivity index (χ4v) is 4.30. The number of pyridine rings is 1. The summed E-state index contributed by atoms with van der Waals surface area (Å²) in [7, 11) is 0.665. The van der Waals surface area contributed by atoms with Crippen molar-refractivity contribution in [3.63, 3.8) is 0 Å². The molecule has 2 aromatic rings. The maximum absolute atomic E-state index is 12.8. The zero-order valence-electron chi connectivity index (χ0n) is 14.0. The minimum Gasteiger partial charge on any atom is -0.395 e. The molecule has 4 N–H and O–H groups in total. The van der Waals surface area contributed by atoms with Crippen molar-refractivity contribution >= 4 is 22.5 Å². The molecular weight excluding hydrogens is 364 g/mol. The number of carbonyl (C=O) groups excluding carboxylic acids is 1. The van der Waals surface area contributed by atoms with Crippen LogP contribution in [-0.2, 0) is 24.3 Å². The molecule has 0 saturated carbocycles. The average molecular weight is 383 g/mol. The minimum atomic E-state index is -2.72. The van der Waals surface area contributed by atoms with E-state index >= 15 is 0 Å². The van der Waals surface area contributed by atoms with Crippen LogP contribution in [0.2, 0.25) is 0 Å². The maximum atomic E-state index is 12.8. The van der Waals surface area contributed by atoms with Gasteiger partial charge in [0.2, 0.25) is 0 Å². The molecule has 0 bridgehead atoms. The lowest BCUT2D eigenvalue weighted by Crippen LogP contribution is -2.32. The molecule has 140 valence electrons. The molecule has 10 heteroatoms. The molecule has 3 rings (SSSR count). The predicted molar refractivity (Wildman–Crippen MR) is 93.2 cm³/mol. The van der Waals surface area contributed by atoms with E-state index in [4.69, 9.17) is 4.78 Å². The van der Waals surface area contributed by atoms with Crippen molar-refractivity contribution in [1.82, 2.24) is 14.3 Å². The van der Waals surface area contributed by atoms with Gasteiger partial charge in [-0.25, -0.2) is 13.5 Å². The van der Waals surface area contributed by atoms with Crippen molar-refractivity contribution in [2.75, 3.05) is 11.9 Å². The van der Waals surface area contributed by atoms with Crippen LogP contribution in [0.1, 0.15) is 34.6 Å². The number of nitrogens with zero attached hydrogens (tertiary/aromatic N) is 2. The Hall–Kier alpha value is -2.17. The van der Waals surface area contributed by atoms with Crippen LogP contribution in [-0.4, -0.2) is 33.2 Å². The normalized spacial score (nSPS) is 19.9. The van der Waals surface area contributed by atoms with Crippen molar-refractivity contribution in [1.29, 1.82) is 4.78 Å². The number of fused-ring (bicyclic) bond motifs is 1. The number of alkyl halides is 2. The van der Waals surface area contributed by atoms with E-state index in [2.05, 4.69) is 15.0 Å². The number of nitrogens with one attached hydrogen (secondary N) is 3. The van der Waals surface area contributed by atoms with Crippen LogP contribution in [0.5, 0.6) is 0 Å². The zero-order valence-corrected chi connectivity index (χ0v) is 14.8. The fourth-order valence-electron chi connectivity index (χ4n) is 2.93. The van der Waals surface area contributed by atoms with E-state index in [0.717, 1.165) is 11.6 Å². The molecule has 3 heterocycles. The Labute approximate surface area is 151 Å². The first-order chi connectivity index (χ1) is 12.4. The molecule has 2 aromatic heterocycles. The second-order valence-corrected chi connectivity index (χ2v) is 7.29. The number of hydrogen-bond acceptors (Lipinski definition) is 4. The lowest BCUT2D eigenvalue weighted by atomic mass is 10.1. The van der Waals surface area contributed by atoms with E-state index in [1.165, 1.54) is 12.3 Å². The van der Waals surface area contributed by atoms with Gasteiger partial charge in [-0.15, -0.1) is 0 Å². The number of aryl methyl sites for hydroxylation is 1. The topological polar surface area (TPSA) is 103 Å². The number of amides is 1. The van der Waals surface area contributed by atoms with Gasteiger partial charge in [-0.3, -0.25) is 14.6 Å². The summed E-state index contributed by atoms with van der Waals surface area (Å²) < 4.78 is 38.5. The number of aliphatic hydroxyl groups is 1. The van der Waals surface area contributed by atoms with Gasteiger partial charge in [-0.2, -0.15) is 0 Å². The van der Waals surface area contributed by atoms with Crippen LogP contribution in [0.25, 0.3) is 0 Å². The smallest absolute Gasteiger partial charge is 0.280 e. The lowest BCUT2D eigenvalue weighted by molar-refractivity contribution is 0.101. The minimum absolute atomic E-state index is 0.0757. The Balaban J connectivity index is 1.89. The van der Waals surface area contributed by atoms with Crippen molar-refractivity contribution < 1.29 is 18.7 Å². The highest BCUT2D eigenvalue weighted by Gasteiger charge is 2.26. The summed E-state index contributed by atoms with van der Waals surface area (Å²) >= 11 is 0. The van der Waals surface area contributed by atoms with Gasteiger partial charge in [-0.05, 0) is 41.4 Å². The van der Waals surface area contributed by atoms with E-state index in [1.807, 2.05) is 0 Å². The number of halogens is 2. The van der Waals surface area contributed by atoms with E-state index < -0.39 is 28.9 Å². The van der Waals surface area contributed by atoms with Crippen molar-refractivity contribution in [2.24, 2.45) is 7.05 Å². The van der Waals surface area contributed by atoms with Crippen molar-refractivity contribution in [3.05, 3.63) is 41.5 Å². The fraction of sp³-hybridized carbons (Fsp3) is 0.375.